The van der Waals surface area contributed by atoms with Crippen LogP contribution in [-0.2, 0) is 16.0 Å². The summed E-state index contributed by atoms with van der Waals surface area (Å²) < 4.78 is 0. The molecule has 32 heavy (non-hydrogen) atoms. The molecule has 1 saturated heterocycles. The van der Waals surface area contributed by atoms with Gasteiger partial charge in [0, 0.05) is 31.5 Å². The Labute approximate surface area is 191 Å². The normalized spacial score (nSPS) is 17.0. The van der Waals surface area contributed by atoms with E-state index in [0.717, 1.165) is 43.6 Å². The van der Waals surface area contributed by atoms with Gasteiger partial charge in [0.2, 0.25) is 0 Å². The quantitative estimate of drug-likeness (QED) is 0.706. The van der Waals surface area contributed by atoms with Crippen LogP contribution in [0.15, 0.2) is 36.4 Å². The Morgan fingerprint density at radius 2 is 1.66 bits per heavy atom. The fourth-order valence-corrected chi connectivity index (χ4v) is 5.03. The van der Waals surface area contributed by atoms with Gasteiger partial charge in [-0.05, 0) is 93.1 Å². The highest BCUT2D eigenvalue weighted by molar-refractivity contribution is 6.39. The molecule has 2 aromatic carbocycles. The number of hydrogen-bond donors (Lipinski definition) is 2. The van der Waals surface area contributed by atoms with Crippen molar-refractivity contribution in [2.75, 3.05) is 43.4 Å². The van der Waals surface area contributed by atoms with E-state index in [4.69, 9.17) is 0 Å². The Morgan fingerprint density at radius 3 is 2.38 bits per heavy atom. The van der Waals surface area contributed by atoms with E-state index in [9.17, 15) is 9.59 Å². The van der Waals surface area contributed by atoms with E-state index in [1.54, 1.807) is 0 Å². The molecule has 2 aliphatic rings. The standard InChI is InChI=1S/C26H34N4O2/c1-18-13-19(2)15-22(14-18)28-26(32)25(31)27-17-24(30-11-4-5-12-30)21-8-9-23-20(16-21)7-6-10-29(23)3/h8-9,13-16,24H,4-7,10-12,17H2,1-3H3,(H,27,31)(H,28,32)/t24-/m1/s1. The zero-order valence-corrected chi connectivity index (χ0v) is 19.4. The van der Waals surface area contributed by atoms with Crippen LogP contribution in [0, 0.1) is 13.8 Å². The fraction of sp³-hybridized carbons (Fsp3) is 0.462. The number of amides is 2. The summed E-state index contributed by atoms with van der Waals surface area (Å²) in [5.41, 5.74) is 6.64. The lowest BCUT2D eigenvalue weighted by molar-refractivity contribution is -0.136. The van der Waals surface area contributed by atoms with Crippen LogP contribution in [0.3, 0.4) is 0 Å². The van der Waals surface area contributed by atoms with Crippen LogP contribution in [0.5, 0.6) is 0 Å². The van der Waals surface area contributed by atoms with Crippen molar-refractivity contribution in [2.24, 2.45) is 0 Å². The molecule has 0 radical (unpaired) electrons. The van der Waals surface area contributed by atoms with Gasteiger partial charge in [-0.25, -0.2) is 0 Å². The molecule has 1 fully saturated rings. The smallest absolute Gasteiger partial charge is 0.313 e. The molecular formula is C26H34N4O2. The molecule has 4 rings (SSSR count). The third-order valence-electron chi connectivity index (χ3n) is 6.56. The Balaban J connectivity index is 1.45. The monoisotopic (exact) mass is 434 g/mol. The zero-order valence-electron chi connectivity index (χ0n) is 19.4. The van der Waals surface area contributed by atoms with Gasteiger partial charge in [-0.15, -0.1) is 0 Å². The average molecular weight is 435 g/mol. The second kappa shape index (κ2) is 9.74. The van der Waals surface area contributed by atoms with Crippen LogP contribution in [-0.4, -0.2) is 49.9 Å². The molecular weight excluding hydrogens is 400 g/mol. The second-order valence-electron chi connectivity index (χ2n) is 9.21. The largest absolute Gasteiger partial charge is 0.374 e. The number of nitrogens with one attached hydrogen (secondary N) is 2. The Hall–Kier alpha value is -2.86. The molecule has 0 spiro atoms. The first-order chi connectivity index (χ1) is 15.4. The third kappa shape index (κ3) is 5.13. The van der Waals surface area contributed by atoms with E-state index in [2.05, 4.69) is 45.7 Å². The van der Waals surface area contributed by atoms with Gasteiger partial charge >= 0.3 is 11.8 Å². The maximum absolute atomic E-state index is 12.6. The van der Waals surface area contributed by atoms with Crippen molar-refractivity contribution >= 4 is 23.2 Å². The van der Waals surface area contributed by atoms with Gasteiger partial charge in [-0.2, -0.15) is 0 Å². The molecule has 170 valence electrons. The van der Waals surface area contributed by atoms with E-state index in [1.807, 2.05) is 32.0 Å². The van der Waals surface area contributed by atoms with Crippen LogP contribution < -0.4 is 15.5 Å². The van der Waals surface area contributed by atoms with Gasteiger partial charge in [0.25, 0.3) is 0 Å². The minimum absolute atomic E-state index is 0.0768. The van der Waals surface area contributed by atoms with Crippen LogP contribution in [0.4, 0.5) is 11.4 Å². The average Bonchev–Trinajstić information content (AvgIpc) is 3.27. The number of carbonyl (C=O) groups excluding carboxylic acids is 2. The van der Waals surface area contributed by atoms with Crippen LogP contribution >= 0.6 is 0 Å². The van der Waals surface area contributed by atoms with Gasteiger partial charge in [-0.1, -0.05) is 18.2 Å². The van der Waals surface area contributed by atoms with E-state index in [-0.39, 0.29) is 6.04 Å². The van der Waals surface area contributed by atoms with E-state index in [1.165, 1.54) is 29.7 Å². The highest BCUT2D eigenvalue weighted by Gasteiger charge is 2.26. The molecule has 2 aromatic rings. The number of fused-ring (bicyclic) bond motifs is 1. The van der Waals surface area contributed by atoms with E-state index < -0.39 is 11.8 Å². The molecule has 6 nitrogen and oxygen atoms in total. The molecule has 1 atom stereocenters. The Kier molecular flexibility index (Phi) is 6.80. The SMILES string of the molecule is Cc1cc(C)cc(NC(=O)C(=O)NC[C@H](c2ccc3c(c2)CCCN3C)N2CCCC2)c1. The number of likely N-dealkylation sites (tertiary alicyclic amines) is 1. The first kappa shape index (κ1) is 22.3. The van der Waals surface area contributed by atoms with Crippen molar-refractivity contribution in [2.45, 2.75) is 45.6 Å². The number of benzene rings is 2. The Morgan fingerprint density at radius 1 is 0.938 bits per heavy atom. The lowest BCUT2D eigenvalue weighted by Crippen LogP contribution is -2.41. The Bertz CT molecular complexity index is 977. The first-order valence-electron chi connectivity index (χ1n) is 11.7. The summed E-state index contributed by atoms with van der Waals surface area (Å²) in [5, 5.41) is 5.63. The summed E-state index contributed by atoms with van der Waals surface area (Å²) in [6.07, 6.45) is 4.60. The fourth-order valence-electron chi connectivity index (χ4n) is 5.03. The van der Waals surface area contributed by atoms with Gasteiger partial charge in [0.15, 0.2) is 0 Å². The van der Waals surface area contributed by atoms with Gasteiger partial charge < -0.3 is 15.5 Å². The first-order valence-corrected chi connectivity index (χ1v) is 11.7. The summed E-state index contributed by atoms with van der Waals surface area (Å²) >= 11 is 0. The minimum atomic E-state index is -0.623. The van der Waals surface area contributed by atoms with Gasteiger partial charge in [-0.3, -0.25) is 14.5 Å². The summed E-state index contributed by atoms with van der Waals surface area (Å²) in [5.74, 6) is -1.21. The maximum Gasteiger partial charge on any atom is 0.313 e. The highest BCUT2D eigenvalue weighted by Crippen LogP contribution is 2.31. The van der Waals surface area contributed by atoms with Gasteiger partial charge in [0.05, 0.1) is 6.04 Å². The van der Waals surface area contributed by atoms with E-state index in [0.29, 0.717) is 12.2 Å². The summed E-state index contributed by atoms with van der Waals surface area (Å²) in [7, 11) is 2.14. The molecule has 2 N–H and O–H groups in total. The van der Waals surface area contributed by atoms with Crippen molar-refractivity contribution in [3.8, 4) is 0 Å². The number of carbonyl (C=O) groups is 2. The lowest BCUT2D eigenvalue weighted by Gasteiger charge is -2.31. The number of rotatable bonds is 5. The zero-order chi connectivity index (χ0) is 22.7. The molecule has 6 heteroatoms. The van der Waals surface area contributed by atoms with Crippen molar-refractivity contribution in [1.82, 2.24) is 10.2 Å². The number of nitrogens with zero attached hydrogens (tertiary/aromatic N) is 2. The maximum atomic E-state index is 12.6. The molecule has 2 heterocycles. The number of hydrogen-bond acceptors (Lipinski definition) is 4. The van der Waals surface area contributed by atoms with Crippen LogP contribution in [0.2, 0.25) is 0 Å². The van der Waals surface area contributed by atoms with E-state index >= 15 is 0 Å². The molecule has 0 bridgehead atoms. The van der Waals surface area contributed by atoms with Crippen LogP contribution in [0.1, 0.15) is 47.6 Å². The number of anilines is 2. The number of aryl methyl sites for hydroxylation is 3. The molecule has 0 unspecified atom stereocenters. The molecule has 0 aliphatic carbocycles. The third-order valence-corrected chi connectivity index (χ3v) is 6.56. The minimum Gasteiger partial charge on any atom is -0.374 e. The van der Waals surface area contributed by atoms with Crippen LogP contribution in [0.25, 0.3) is 0 Å². The summed E-state index contributed by atoms with van der Waals surface area (Å²) in [4.78, 5) is 29.8. The van der Waals surface area contributed by atoms with Crippen molar-refractivity contribution in [1.29, 1.82) is 0 Å². The van der Waals surface area contributed by atoms with Crippen molar-refractivity contribution < 1.29 is 9.59 Å². The second-order valence-corrected chi connectivity index (χ2v) is 9.21. The van der Waals surface area contributed by atoms with Crippen molar-refractivity contribution in [3.63, 3.8) is 0 Å². The van der Waals surface area contributed by atoms with Gasteiger partial charge in [0.1, 0.15) is 0 Å². The lowest BCUT2D eigenvalue weighted by atomic mass is 9.96. The molecule has 2 amide bonds. The van der Waals surface area contributed by atoms with Crippen molar-refractivity contribution in [3.05, 3.63) is 58.7 Å². The summed E-state index contributed by atoms with van der Waals surface area (Å²) in [6.45, 7) is 7.50. The summed E-state index contributed by atoms with van der Waals surface area (Å²) in [6, 6.07) is 12.5. The molecule has 0 saturated carbocycles. The predicted molar refractivity (Wildman–Crippen MR) is 129 cm³/mol. The topological polar surface area (TPSA) is 64.7 Å². The highest BCUT2D eigenvalue weighted by atomic mass is 16.2. The molecule has 2 aliphatic heterocycles. The predicted octanol–water partition coefficient (Wildman–Crippen LogP) is 3.58. The molecule has 0 aromatic heterocycles.